The number of aryl methyl sites for hydroxylation is 1. The first-order valence-corrected chi connectivity index (χ1v) is 5.99. The maximum absolute atomic E-state index is 11.4. The van der Waals surface area contributed by atoms with Crippen molar-refractivity contribution in [3.05, 3.63) is 48.2 Å². The summed E-state index contributed by atoms with van der Waals surface area (Å²) >= 11 is 0. The van der Waals surface area contributed by atoms with Crippen molar-refractivity contribution in [2.24, 2.45) is 0 Å². The first-order chi connectivity index (χ1) is 9.06. The van der Waals surface area contributed by atoms with E-state index in [0.29, 0.717) is 5.75 Å². The zero-order chi connectivity index (χ0) is 13.8. The van der Waals surface area contributed by atoms with Gasteiger partial charge in [-0.2, -0.15) is 0 Å². The van der Waals surface area contributed by atoms with Crippen LogP contribution in [0.5, 0.6) is 5.75 Å². The van der Waals surface area contributed by atoms with Gasteiger partial charge in [-0.15, -0.1) is 0 Å². The van der Waals surface area contributed by atoms with Crippen molar-refractivity contribution >= 4 is 6.09 Å². The van der Waals surface area contributed by atoms with E-state index in [1.165, 1.54) is 4.90 Å². The molecular weight excluding hydrogens is 240 g/mol. The Morgan fingerprint density at radius 2 is 1.79 bits per heavy atom. The molecule has 0 aliphatic heterocycles. The van der Waals surface area contributed by atoms with Gasteiger partial charge in [0, 0.05) is 25.4 Å². The van der Waals surface area contributed by atoms with Crippen LogP contribution in [0.3, 0.4) is 0 Å². The molecule has 0 spiro atoms. The molecule has 0 unspecified atom stereocenters. The SMILES string of the molecule is Cc1cccc(-c2ccc(OC(=O)N(C)C)cc2)n1. The van der Waals surface area contributed by atoms with E-state index in [0.717, 1.165) is 17.0 Å². The Kier molecular flexibility index (Phi) is 3.80. The highest BCUT2D eigenvalue weighted by atomic mass is 16.6. The van der Waals surface area contributed by atoms with Crippen LogP contribution in [0.15, 0.2) is 42.5 Å². The average Bonchev–Trinajstić information content (AvgIpc) is 2.39. The molecular formula is C15H16N2O2. The normalized spacial score (nSPS) is 10.1. The van der Waals surface area contributed by atoms with Crippen molar-refractivity contribution in [1.82, 2.24) is 9.88 Å². The summed E-state index contributed by atoms with van der Waals surface area (Å²) in [6.07, 6.45) is -0.388. The summed E-state index contributed by atoms with van der Waals surface area (Å²) < 4.78 is 5.16. The lowest BCUT2D eigenvalue weighted by molar-refractivity contribution is 0.172. The number of nitrogens with zero attached hydrogens (tertiary/aromatic N) is 2. The minimum Gasteiger partial charge on any atom is -0.410 e. The molecule has 1 heterocycles. The summed E-state index contributed by atoms with van der Waals surface area (Å²) in [4.78, 5) is 17.2. The summed E-state index contributed by atoms with van der Waals surface area (Å²) in [5.41, 5.74) is 2.87. The molecule has 0 aliphatic carbocycles. The van der Waals surface area contributed by atoms with Crippen molar-refractivity contribution in [3.8, 4) is 17.0 Å². The summed E-state index contributed by atoms with van der Waals surface area (Å²) in [6.45, 7) is 1.96. The molecule has 0 atom stereocenters. The van der Waals surface area contributed by atoms with Crippen molar-refractivity contribution < 1.29 is 9.53 Å². The molecule has 0 radical (unpaired) electrons. The lowest BCUT2D eigenvalue weighted by atomic mass is 10.1. The van der Waals surface area contributed by atoms with Crippen LogP contribution in [0.25, 0.3) is 11.3 Å². The van der Waals surface area contributed by atoms with Gasteiger partial charge in [0.15, 0.2) is 0 Å². The van der Waals surface area contributed by atoms with Crippen molar-refractivity contribution in [2.75, 3.05) is 14.1 Å². The minimum absolute atomic E-state index is 0.388. The first-order valence-electron chi connectivity index (χ1n) is 5.99. The number of hydrogen-bond donors (Lipinski definition) is 0. The zero-order valence-corrected chi connectivity index (χ0v) is 11.3. The van der Waals surface area contributed by atoms with Crippen LogP contribution in [0, 0.1) is 6.92 Å². The molecule has 1 aromatic heterocycles. The molecule has 4 nitrogen and oxygen atoms in total. The number of aromatic nitrogens is 1. The van der Waals surface area contributed by atoms with Crippen molar-refractivity contribution in [3.63, 3.8) is 0 Å². The maximum Gasteiger partial charge on any atom is 0.414 e. The molecule has 2 rings (SSSR count). The maximum atomic E-state index is 11.4. The van der Waals surface area contributed by atoms with Gasteiger partial charge in [-0.1, -0.05) is 6.07 Å². The van der Waals surface area contributed by atoms with Crippen LogP contribution in [0.4, 0.5) is 4.79 Å². The number of ether oxygens (including phenoxy) is 1. The smallest absolute Gasteiger partial charge is 0.410 e. The Hall–Kier alpha value is -2.36. The van der Waals surface area contributed by atoms with Gasteiger partial charge < -0.3 is 9.64 Å². The van der Waals surface area contributed by atoms with Gasteiger partial charge in [0.25, 0.3) is 0 Å². The van der Waals surface area contributed by atoms with E-state index >= 15 is 0 Å². The monoisotopic (exact) mass is 256 g/mol. The number of carbonyl (C=O) groups excluding carboxylic acids is 1. The second kappa shape index (κ2) is 5.52. The molecule has 4 heteroatoms. The van der Waals surface area contributed by atoms with Crippen LogP contribution in [-0.4, -0.2) is 30.1 Å². The number of pyridine rings is 1. The van der Waals surface area contributed by atoms with E-state index in [2.05, 4.69) is 4.98 Å². The molecule has 0 fully saturated rings. The highest BCUT2D eigenvalue weighted by Crippen LogP contribution is 2.21. The van der Waals surface area contributed by atoms with Crippen LogP contribution in [0.1, 0.15) is 5.69 Å². The Morgan fingerprint density at radius 3 is 2.37 bits per heavy atom. The molecule has 0 bridgehead atoms. The topological polar surface area (TPSA) is 42.4 Å². The predicted octanol–water partition coefficient (Wildman–Crippen LogP) is 3.12. The largest absolute Gasteiger partial charge is 0.414 e. The van der Waals surface area contributed by atoms with E-state index in [-0.39, 0.29) is 6.09 Å². The lowest BCUT2D eigenvalue weighted by Crippen LogP contribution is -2.25. The molecule has 1 aromatic carbocycles. The first kappa shape index (κ1) is 13.1. The molecule has 98 valence electrons. The third-order valence-corrected chi connectivity index (χ3v) is 2.61. The highest BCUT2D eigenvalue weighted by molar-refractivity contribution is 5.70. The van der Waals surface area contributed by atoms with Gasteiger partial charge in [0.05, 0.1) is 5.69 Å². The molecule has 0 aliphatic rings. The number of benzene rings is 1. The molecule has 0 saturated heterocycles. The Balaban J connectivity index is 2.17. The van der Waals surface area contributed by atoms with Crippen molar-refractivity contribution in [2.45, 2.75) is 6.92 Å². The number of hydrogen-bond acceptors (Lipinski definition) is 3. The Morgan fingerprint density at radius 1 is 1.11 bits per heavy atom. The summed E-state index contributed by atoms with van der Waals surface area (Å²) in [6, 6.07) is 13.2. The summed E-state index contributed by atoms with van der Waals surface area (Å²) in [5, 5.41) is 0. The van der Waals surface area contributed by atoms with Crippen LogP contribution < -0.4 is 4.74 Å². The fourth-order valence-corrected chi connectivity index (χ4v) is 1.59. The molecule has 0 saturated carbocycles. The van der Waals surface area contributed by atoms with Crippen LogP contribution in [-0.2, 0) is 0 Å². The van der Waals surface area contributed by atoms with Crippen LogP contribution >= 0.6 is 0 Å². The summed E-state index contributed by atoms with van der Waals surface area (Å²) in [7, 11) is 3.29. The third kappa shape index (κ3) is 3.31. The number of carbonyl (C=O) groups is 1. The predicted molar refractivity (Wildman–Crippen MR) is 74.1 cm³/mol. The van der Waals surface area contributed by atoms with Gasteiger partial charge in [0.1, 0.15) is 5.75 Å². The lowest BCUT2D eigenvalue weighted by Gasteiger charge is -2.10. The molecule has 0 N–H and O–H groups in total. The average molecular weight is 256 g/mol. The fraction of sp³-hybridized carbons (Fsp3) is 0.200. The second-order valence-electron chi connectivity index (χ2n) is 4.45. The fourth-order valence-electron chi connectivity index (χ4n) is 1.59. The van der Waals surface area contributed by atoms with E-state index in [1.807, 2.05) is 37.3 Å². The van der Waals surface area contributed by atoms with Crippen LogP contribution in [0.2, 0.25) is 0 Å². The van der Waals surface area contributed by atoms with Gasteiger partial charge >= 0.3 is 6.09 Å². The Bertz CT molecular complexity index is 577. The zero-order valence-electron chi connectivity index (χ0n) is 11.3. The van der Waals surface area contributed by atoms with E-state index in [9.17, 15) is 4.79 Å². The quantitative estimate of drug-likeness (QED) is 0.829. The van der Waals surface area contributed by atoms with Gasteiger partial charge in [0.2, 0.25) is 0 Å². The van der Waals surface area contributed by atoms with Gasteiger partial charge in [-0.05, 0) is 43.3 Å². The number of rotatable bonds is 2. The minimum atomic E-state index is -0.388. The Labute approximate surface area is 112 Å². The highest BCUT2D eigenvalue weighted by Gasteiger charge is 2.07. The van der Waals surface area contributed by atoms with E-state index in [4.69, 9.17) is 4.74 Å². The van der Waals surface area contributed by atoms with E-state index < -0.39 is 0 Å². The van der Waals surface area contributed by atoms with E-state index in [1.54, 1.807) is 26.2 Å². The second-order valence-corrected chi connectivity index (χ2v) is 4.45. The molecule has 2 aromatic rings. The number of amides is 1. The standard InChI is InChI=1S/C15H16N2O2/c1-11-5-4-6-14(16-11)12-7-9-13(10-8-12)19-15(18)17(2)3/h4-10H,1-3H3. The van der Waals surface area contributed by atoms with Gasteiger partial charge in [-0.25, -0.2) is 4.79 Å². The molecule has 19 heavy (non-hydrogen) atoms. The van der Waals surface area contributed by atoms with Gasteiger partial charge in [-0.3, -0.25) is 4.98 Å². The van der Waals surface area contributed by atoms with Crippen molar-refractivity contribution in [1.29, 1.82) is 0 Å². The molecule has 1 amide bonds. The third-order valence-electron chi connectivity index (χ3n) is 2.61. The summed E-state index contributed by atoms with van der Waals surface area (Å²) in [5.74, 6) is 0.523.